The van der Waals surface area contributed by atoms with Gasteiger partial charge in [-0.05, 0) is 38.1 Å². The Morgan fingerprint density at radius 3 is 3.00 bits per heavy atom. The minimum absolute atomic E-state index is 0.0411. The van der Waals surface area contributed by atoms with E-state index < -0.39 is 0 Å². The Kier molecular flexibility index (Phi) is 3.21. The summed E-state index contributed by atoms with van der Waals surface area (Å²) >= 11 is 0. The predicted molar refractivity (Wildman–Crippen MR) is 75.2 cm³/mol. The number of nitrogens with one attached hydrogen (secondary N) is 3. The van der Waals surface area contributed by atoms with Crippen LogP contribution in [0.5, 0.6) is 0 Å². The molecule has 3 N–H and O–H groups in total. The number of H-pyrrole nitrogens is 1. The number of fused-ring (bicyclic) bond motifs is 1. The fourth-order valence-corrected chi connectivity index (χ4v) is 2.35. The Morgan fingerprint density at radius 1 is 1.47 bits per heavy atom. The van der Waals surface area contributed by atoms with E-state index in [9.17, 15) is 4.79 Å². The first-order valence-corrected chi connectivity index (χ1v) is 6.70. The first-order valence-electron chi connectivity index (χ1n) is 6.70. The largest absolute Gasteiger partial charge is 0.342 e. The molecule has 1 aliphatic carbocycles. The molecular weight excluding hydrogens is 240 g/mol. The molecule has 19 heavy (non-hydrogen) atoms. The number of likely N-dealkylation sites (N-methyl/N-ethyl adjacent to an activating group) is 1. The second-order valence-electron chi connectivity index (χ2n) is 5.06. The minimum Gasteiger partial charge on any atom is -0.342 e. The van der Waals surface area contributed by atoms with Crippen molar-refractivity contribution >= 4 is 22.6 Å². The first-order chi connectivity index (χ1) is 9.26. The van der Waals surface area contributed by atoms with Gasteiger partial charge in [-0.3, -0.25) is 4.79 Å². The maximum absolute atomic E-state index is 11.5. The molecule has 0 spiro atoms. The van der Waals surface area contributed by atoms with Crippen LogP contribution in [-0.4, -0.2) is 29.5 Å². The van der Waals surface area contributed by atoms with Crippen molar-refractivity contribution in [1.29, 1.82) is 0 Å². The van der Waals surface area contributed by atoms with Gasteiger partial charge in [-0.1, -0.05) is 6.42 Å². The van der Waals surface area contributed by atoms with Crippen molar-refractivity contribution in [2.24, 2.45) is 0 Å². The van der Waals surface area contributed by atoms with E-state index in [2.05, 4.69) is 20.6 Å². The molecule has 5 nitrogen and oxygen atoms in total. The average molecular weight is 258 g/mol. The zero-order valence-electron chi connectivity index (χ0n) is 11.0. The molecule has 2 aromatic rings. The number of hydrogen-bond donors (Lipinski definition) is 3. The summed E-state index contributed by atoms with van der Waals surface area (Å²) in [6, 6.07) is 5.78. The van der Waals surface area contributed by atoms with E-state index in [-0.39, 0.29) is 5.91 Å². The molecule has 100 valence electrons. The molecule has 0 atom stereocenters. The SMILES string of the molecule is CNCC(=O)Nc1ccc2nc(C3CCC3)[nH]c2c1. The lowest BCUT2D eigenvalue weighted by atomic mass is 9.85. The number of rotatable bonds is 4. The van der Waals surface area contributed by atoms with Crippen molar-refractivity contribution in [2.75, 3.05) is 18.9 Å². The molecule has 0 aliphatic heterocycles. The number of imidazole rings is 1. The number of hydrogen-bond acceptors (Lipinski definition) is 3. The van der Waals surface area contributed by atoms with Crippen LogP contribution in [0.2, 0.25) is 0 Å². The van der Waals surface area contributed by atoms with E-state index in [0.29, 0.717) is 12.5 Å². The summed E-state index contributed by atoms with van der Waals surface area (Å²) in [7, 11) is 1.75. The first kappa shape index (κ1) is 12.2. The third-order valence-electron chi connectivity index (χ3n) is 3.61. The van der Waals surface area contributed by atoms with E-state index in [1.165, 1.54) is 19.3 Å². The topological polar surface area (TPSA) is 69.8 Å². The van der Waals surface area contributed by atoms with Crippen LogP contribution in [0, 0.1) is 0 Å². The van der Waals surface area contributed by atoms with E-state index >= 15 is 0 Å². The Morgan fingerprint density at radius 2 is 2.32 bits per heavy atom. The highest BCUT2D eigenvalue weighted by molar-refractivity contribution is 5.94. The molecule has 1 aromatic heterocycles. The normalized spacial score (nSPS) is 15.4. The lowest BCUT2D eigenvalue weighted by molar-refractivity contribution is -0.115. The summed E-state index contributed by atoms with van der Waals surface area (Å²) in [5, 5.41) is 5.68. The molecule has 1 heterocycles. The Balaban J connectivity index is 1.81. The van der Waals surface area contributed by atoms with Gasteiger partial charge < -0.3 is 15.6 Å². The van der Waals surface area contributed by atoms with Gasteiger partial charge in [0, 0.05) is 11.6 Å². The molecule has 1 aromatic carbocycles. The van der Waals surface area contributed by atoms with Crippen LogP contribution in [0.25, 0.3) is 11.0 Å². The lowest BCUT2D eigenvalue weighted by Crippen LogP contribution is -2.24. The third kappa shape index (κ3) is 2.46. The lowest BCUT2D eigenvalue weighted by Gasteiger charge is -2.22. The van der Waals surface area contributed by atoms with Gasteiger partial charge in [0.1, 0.15) is 5.82 Å². The van der Waals surface area contributed by atoms with Crippen LogP contribution >= 0.6 is 0 Å². The molecule has 0 bridgehead atoms. The number of aromatic amines is 1. The third-order valence-corrected chi connectivity index (χ3v) is 3.61. The van der Waals surface area contributed by atoms with Gasteiger partial charge in [0.25, 0.3) is 0 Å². The Labute approximate surface area is 111 Å². The summed E-state index contributed by atoms with van der Waals surface area (Å²) in [6.07, 6.45) is 3.75. The van der Waals surface area contributed by atoms with Crippen LogP contribution in [0.4, 0.5) is 5.69 Å². The van der Waals surface area contributed by atoms with E-state index in [4.69, 9.17) is 0 Å². The number of aromatic nitrogens is 2. The number of nitrogens with zero attached hydrogens (tertiary/aromatic N) is 1. The van der Waals surface area contributed by atoms with E-state index in [1.54, 1.807) is 7.05 Å². The van der Waals surface area contributed by atoms with Gasteiger partial charge in [-0.2, -0.15) is 0 Å². The maximum atomic E-state index is 11.5. The van der Waals surface area contributed by atoms with Gasteiger partial charge in [0.05, 0.1) is 17.6 Å². The minimum atomic E-state index is -0.0411. The summed E-state index contributed by atoms with van der Waals surface area (Å²) < 4.78 is 0. The van der Waals surface area contributed by atoms with Crippen molar-refractivity contribution in [3.8, 4) is 0 Å². The molecule has 0 radical (unpaired) electrons. The highest BCUT2D eigenvalue weighted by Gasteiger charge is 2.22. The number of carbonyl (C=O) groups excluding carboxylic acids is 1. The highest BCUT2D eigenvalue weighted by Crippen LogP contribution is 2.35. The van der Waals surface area contributed by atoms with Crippen molar-refractivity contribution in [3.05, 3.63) is 24.0 Å². The van der Waals surface area contributed by atoms with E-state index in [0.717, 1.165) is 22.5 Å². The van der Waals surface area contributed by atoms with Crippen LogP contribution in [-0.2, 0) is 4.79 Å². The molecule has 1 fully saturated rings. The van der Waals surface area contributed by atoms with Crippen LogP contribution in [0.1, 0.15) is 31.0 Å². The molecule has 1 aliphatic rings. The summed E-state index contributed by atoms with van der Waals surface area (Å²) in [5.74, 6) is 1.63. The number of carbonyl (C=O) groups is 1. The monoisotopic (exact) mass is 258 g/mol. The molecule has 0 unspecified atom stereocenters. The number of anilines is 1. The fraction of sp³-hybridized carbons (Fsp3) is 0.429. The molecule has 1 saturated carbocycles. The van der Waals surface area contributed by atoms with Crippen LogP contribution < -0.4 is 10.6 Å². The van der Waals surface area contributed by atoms with Crippen molar-refractivity contribution in [1.82, 2.24) is 15.3 Å². The van der Waals surface area contributed by atoms with Crippen LogP contribution in [0.3, 0.4) is 0 Å². The maximum Gasteiger partial charge on any atom is 0.238 e. The Bertz CT molecular complexity index is 601. The molecular formula is C14H18N4O. The number of amides is 1. The van der Waals surface area contributed by atoms with Crippen molar-refractivity contribution in [3.63, 3.8) is 0 Å². The van der Waals surface area contributed by atoms with Gasteiger partial charge in [-0.15, -0.1) is 0 Å². The smallest absolute Gasteiger partial charge is 0.238 e. The fourth-order valence-electron chi connectivity index (χ4n) is 2.35. The van der Waals surface area contributed by atoms with Crippen molar-refractivity contribution < 1.29 is 4.79 Å². The highest BCUT2D eigenvalue weighted by atomic mass is 16.1. The molecule has 5 heteroatoms. The van der Waals surface area contributed by atoms with Crippen molar-refractivity contribution in [2.45, 2.75) is 25.2 Å². The summed E-state index contributed by atoms with van der Waals surface area (Å²) in [5.41, 5.74) is 2.76. The zero-order chi connectivity index (χ0) is 13.2. The second-order valence-corrected chi connectivity index (χ2v) is 5.06. The van der Waals surface area contributed by atoms with Crippen LogP contribution in [0.15, 0.2) is 18.2 Å². The zero-order valence-corrected chi connectivity index (χ0v) is 11.0. The Hall–Kier alpha value is -1.88. The van der Waals surface area contributed by atoms with Gasteiger partial charge in [0.2, 0.25) is 5.91 Å². The second kappa shape index (κ2) is 5.01. The molecule has 0 saturated heterocycles. The summed E-state index contributed by atoms with van der Waals surface area (Å²) in [4.78, 5) is 19.5. The van der Waals surface area contributed by atoms with E-state index in [1.807, 2.05) is 18.2 Å². The van der Waals surface area contributed by atoms with Gasteiger partial charge in [0.15, 0.2) is 0 Å². The molecule has 3 rings (SSSR count). The predicted octanol–water partition coefficient (Wildman–Crippen LogP) is 1.99. The quantitative estimate of drug-likeness (QED) is 0.785. The number of benzene rings is 1. The average Bonchev–Trinajstić information content (AvgIpc) is 2.69. The molecule has 1 amide bonds. The standard InChI is InChI=1S/C14H18N4O/c1-15-8-13(19)16-10-5-6-11-12(7-10)18-14(17-11)9-3-2-4-9/h5-7,9,15H,2-4,8H2,1H3,(H,16,19)(H,17,18). The van der Waals surface area contributed by atoms with Gasteiger partial charge in [-0.25, -0.2) is 4.98 Å². The van der Waals surface area contributed by atoms with Gasteiger partial charge >= 0.3 is 0 Å². The summed E-state index contributed by atoms with van der Waals surface area (Å²) in [6.45, 7) is 0.314.